The third kappa shape index (κ3) is 4.89. The van der Waals surface area contributed by atoms with Gasteiger partial charge in [-0.25, -0.2) is 4.98 Å². The molecule has 35 heavy (non-hydrogen) atoms. The van der Waals surface area contributed by atoms with Crippen molar-refractivity contribution in [1.29, 1.82) is 0 Å². The molecular weight excluding hydrogens is 464 g/mol. The zero-order valence-electron chi connectivity index (χ0n) is 20.2. The van der Waals surface area contributed by atoms with Gasteiger partial charge in [0.2, 0.25) is 17.6 Å². The summed E-state index contributed by atoms with van der Waals surface area (Å²) in [5, 5.41) is 4.77. The second kappa shape index (κ2) is 9.71. The van der Waals surface area contributed by atoms with Crippen LogP contribution in [0.2, 0.25) is 0 Å². The van der Waals surface area contributed by atoms with Crippen molar-refractivity contribution in [3.63, 3.8) is 0 Å². The van der Waals surface area contributed by atoms with E-state index in [2.05, 4.69) is 20.0 Å². The van der Waals surface area contributed by atoms with Gasteiger partial charge in [0.1, 0.15) is 4.83 Å². The van der Waals surface area contributed by atoms with Crippen molar-refractivity contribution in [1.82, 2.24) is 29.5 Å². The molecule has 0 atom stereocenters. The van der Waals surface area contributed by atoms with Crippen LogP contribution >= 0.6 is 11.3 Å². The fraction of sp³-hybridized carbons (Fsp3) is 0.400. The van der Waals surface area contributed by atoms with Crippen molar-refractivity contribution in [2.75, 3.05) is 26.2 Å². The molecule has 5 rings (SSSR count). The normalized spacial score (nSPS) is 14.7. The molecule has 4 aromatic rings. The minimum absolute atomic E-state index is 0.0503. The number of thiophene rings is 1. The molecule has 0 unspecified atom stereocenters. The van der Waals surface area contributed by atoms with E-state index in [9.17, 15) is 9.59 Å². The maximum atomic E-state index is 12.9. The Morgan fingerprint density at radius 3 is 2.57 bits per heavy atom. The highest BCUT2D eigenvalue weighted by atomic mass is 32.1. The van der Waals surface area contributed by atoms with E-state index in [0.717, 1.165) is 33.9 Å². The van der Waals surface area contributed by atoms with Crippen LogP contribution in [0.1, 0.15) is 28.3 Å². The number of aromatic nitrogens is 4. The largest absolute Gasteiger partial charge is 0.340 e. The van der Waals surface area contributed by atoms with Gasteiger partial charge in [-0.1, -0.05) is 35.0 Å². The number of benzene rings is 1. The highest BCUT2D eigenvalue weighted by Crippen LogP contribution is 2.25. The molecule has 0 bridgehead atoms. The van der Waals surface area contributed by atoms with Gasteiger partial charge in [0.05, 0.1) is 18.3 Å². The van der Waals surface area contributed by atoms with Crippen LogP contribution in [-0.4, -0.2) is 61.6 Å². The molecule has 1 aromatic carbocycles. The quantitative estimate of drug-likeness (QED) is 0.408. The van der Waals surface area contributed by atoms with Gasteiger partial charge in [-0.05, 0) is 26.3 Å². The van der Waals surface area contributed by atoms with Gasteiger partial charge in [-0.3, -0.25) is 19.1 Å². The average Bonchev–Trinajstić information content (AvgIpc) is 3.43. The zero-order valence-corrected chi connectivity index (χ0v) is 21.0. The molecule has 4 heterocycles. The van der Waals surface area contributed by atoms with Crippen molar-refractivity contribution in [3.05, 3.63) is 62.8 Å². The Morgan fingerprint density at radius 2 is 1.83 bits per heavy atom. The number of hydrogen-bond acceptors (Lipinski definition) is 8. The predicted octanol–water partition coefficient (Wildman–Crippen LogP) is 3.17. The summed E-state index contributed by atoms with van der Waals surface area (Å²) in [7, 11) is 0. The van der Waals surface area contributed by atoms with E-state index in [1.165, 1.54) is 16.9 Å². The third-order valence-corrected chi connectivity index (χ3v) is 7.70. The molecule has 1 aliphatic heterocycles. The summed E-state index contributed by atoms with van der Waals surface area (Å²) in [6.45, 7) is 9.60. The van der Waals surface area contributed by atoms with Crippen LogP contribution in [0.3, 0.4) is 0 Å². The summed E-state index contributed by atoms with van der Waals surface area (Å²) in [5.41, 5.74) is 3.02. The molecule has 1 aliphatic rings. The predicted molar refractivity (Wildman–Crippen MR) is 134 cm³/mol. The Bertz CT molecular complexity index is 1410. The Labute approximate surface area is 207 Å². The maximum Gasteiger partial charge on any atom is 0.262 e. The van der Waals surface area contributed by atoms with Gasteiger partial charge in [0, 0.05) is 49.6 Å². The van der Waals surface area contributed by atoms with Gasteiger partial charge < -0.3 is 9.42 Å². The number of hydrogen-bond donors (Lipinski definition) is 0. The topological polar surface area (TPSA) is 97.4 Å². The first-order valence-corrected chi connectivity index (χ1v) is 12.6. The van der Waals surface area contributed by atoms with E-state index in [-0.39, 0.29) is 17.9 Å². The maximum absolute atomic E-state index is 12.9. The summed E-state index contributed by atoms with van der Waals surface area (Å²) in [4.78, 5) is 40.5. The molecule has 1 fully saturated rings. The second-order valence-corrected chi connectivity index (χ2v) is 10.2. The molecule has 0 N–H and O–H groups in total. The molecule has 3 aromatic heterocycles. The van der Waals surface area contributed by atoms with Crippen LogP contribution in [-0.2, 0) is 17.9 Å². The van der Waals surface area contributed by atoms with Crippen LogP contribution in [0.15, 0.2) is 39.9 Å². The molecule has 10 heteroatoms. The number of carbonyl (C=O) groups excluding carboxylic acids is 1. The highest BCUT2D eigenvalue weighted by molar-refractivity contribution is 7.18. The van der Waals surface area contributed by atoms with E-state index in [4.69, 9.17) is 4.52 Å². The standard InChI is InChI=1S/C25H28N6O3S/c1-16-4-6-19(7-5-16)23-27-20(34-28-23)14-29-10-12-30(13-11-29)21(32)8-9-31-15-26-24-22(25(31)33)17(2)18(3)35-24/h4-7,15H,8-14H2,1-3H3. The van der Waals surface area contributed by atoms with Crippen LogP contribution < -0.4 is 5.56 Å². The zero-order chi connectivity index (χ0) is 24.5. The smallest absolute Gasteiger partial charge is 0.262 e. The number of aryl methyl sites for hydroxylation is 4. The van der Waals surface area contributed by atoms with Crippen molar-refractivity contribution in [3.8, 4) is 11.4 Å². The summed E-state index contributed by atoms with van der Waals surface area (Å²) < 4.78 is 7.00. The van der Waals surface area contributed by atoms with Crippen molar-refractivity contribution < 1.29 is 9.32 Å². The van der Waals surface area contributed by atoms with Crippen LogP contribution in [0, 0.1) is 20.8 Å². The van der Waals surface area contributed by atoms with E-state index in [1.807, 2.05) is 49.9 Å². The minimum atomic E-state index is -0.0703. The number of nitrogens with zero attached hydrogens (tertiary/aromatic N) is 6. The van der Waals surface area contributed by atoms with E-state index in [0.29, 0.717) is 43.3 Å². The summed E-state index contributed by atoms with van der Waals surface area (Å²) in [6.07, 6.45) is 1.83. The second-order valence-electron chi connectivity index (χ2n) is 8.99. The number of piperazine rings is 1. The Balaban J connectivity index is 1.13. The summed E-state index contributed by atoms with van der Waals surface area (Å²) in [5.74, 6) is 1.21. The minimum Gasteiger partial charge on any atom is -0.340 e. The lowest BCUT2D eigenvalue weighted by Gasteiger charge is -2.34. The van der Waals surface area contributed by atoms with Crippen molar-refractivity contribution >= 4 is 27.5 Å². The molecule has 0 spiro atoms. The molecule has 9 nitrogen and oxygen atoms in total. The van der Waals surface area contributed by atoms with Gasteiger partial charge in [-0.2, -0.15) is 4.98 Å². The first-order valence-electron chi connectivity index (χ1n) is 11.7. The Hall–Kier alpha value is -3.37. The average molecular weight is 493 g/mol. The van der Waals surface area contributed by atoms with E-state index >= 15 is 0 Å². The SMILES string of the molecule is Cc1ccc(-c2noc(CN3CCN(C(=O)CCn4cnc5sc(C)c(C)c5c4=O)CC3)n2)cc1. The third-order valence-electron chi connectivity index (χ3n) is 6.58. The number of carbonyl (C=O) groups is 1. The van der Waals surface area contributed by atoms with Crippen LogP contribution in [0.25, 0.3) is 21.6 Å². The summed E-state index contributed by atoms with van der Waals surface area (Å²) >= 11 is 1.53. The Morgan fingerprint density at radius 1 is 1.09 bits per heavy atom. The van der Waals surface area contributed by atoms with Crippen molar-refractivity contribution in [2.45, 2.75) is 40.3 Å². The lowest BCUT2D eigenvalue weighted by Crippen LogP contribution is -2.48. The highest BCUT2D eigenvalue weighted by Gasteiger charge is 2.23. The first-order chi connectivity index (χ1) is 16.9. The monoisotopic (exact) mass is 492 g/mol. The van der Waals surface area contributed by atoms with Gasteiger partial charge in [0.15, 0.2) is 0 Å². The van der Waals surface area contributed by atoms with E-state index < -0.39 is 0 Å². The fourth-order valence-corrected chi connectivity index (χ4v) is 5.28. The molecule has 0 aliphatic carbocycles. The lowest BCUT2D eigenvalue weighted by atomic mass is 10.1. The van der Waals surface area contributed by atoms with Crippen LogP contribution in [0.5, 0.6) is 0 Å². The van der Waals surface area contributed by atoms with Gasteiger partial charge >= 0.3 is 0 Å². The number of fused-ring (bicyclic) bond motifs is 1. The molecule has 1 amide bonds. The van der Waals surface area contributed by atoms with E-state index in [1.54, 1.807) is 10.9 Å². The lowest BCUT2D eigenvalue weighted by molar-refractivity contribution is -0.133. The van der Waals surface area contributed by atoms with Crippen molar-refractivity contribution in [2.24, 2.45) is 0 Å². The number of rotatable bonds is 6. The summed E-state index contributed by atoms with van der Waals surface area (Å²) in [6, 6.07) is 8.02. The molecule has 1 saturated heterocycles. The molecule has 0 radical (unpaired) electrons. The number of amides is 1. The fourth-order valence-electron chi connectivity index (χ4n) is 4.29. The molecular formula is C25H28N6O3S. The first kappa shape index (κ1) is 23.4. The molecule has 0 saturated carbocycles. The van der Waals surface area contributed by atoms with Gasteiger partial charge in [-0.15, -0.1) is 11.3 Å². The van der Waals surface area contributed by atoms with Crippen LogP contribution in [0.4, 0.5) is 0 Å². The Kier molecular flexibility index (Phi) is 6.48. The van der Waals surface area contributed by atoms with Gasteiger partial charge in [0.25, 0.3) is 5.56 Å². The molecule has 182 valence electrons.